The Kier molecular flexibility index (Phi) is 5.66. The second-order valence-corrected chi connectivity index (χ2v) is 9.63. The number of nitrogens with zero attached hydrogens (tertiary/aromatic N) is 1. The van der Waals surface area contributed by atoms with E-state index in [-0.39, 0.29) is 27.6 Å². The fourth-order valence-corrected chi connectivity index (χ4v) is 5.61. The van der Waals surface area contributed by atoms with Crippen molar-refractivity contribution >= 4 is 44.9 Å². The highest BCUT2D eigenvalue weighted by Crippen LogP contribution is 2.35. The van der Waals surface area contributed by atoms with Crippen LogP contribution in [0.1, 0.15) is 31.8 Å². The SMILES string of the molecule is Cc1ccc(C(=O)O)cc1NC(=O)c1ccc(Cl)c(S(=O)(=O)N2CCc3ccccc32)c1. The molecular formula is C23H19ClN2O5S. The largest absolute Gasteiger partial charge is 0.478 e. The second-order valence-electron chi connectivity index (χ2n) is 7.39. The first-order valence-electron chi connectivity index (χ1n) is 9.74. The van der Waals surface area contributed by atoms with Gasteiger partial charge in [0.25, 0.3) is 15.9 Å². The number of para-hydroxylation sites is 1. The summed E-state index contributed by atoms with van der Waals surface area (Å²) in [6, 6.07) is 15.6. The van der Waals surface area contributed by atoms with Gasteiger partial charge in [-0.25, -0.2) is 13.2 Å². The number of carbonyl (C=O) groups is 2. The van der Waals surface area contributed by atoms with Crippen molar-refractivity contribution in [2.24, 2.45) is 0 Å². The molecule has 9 heteroatoms. The van der Waals surface area contributed by atoms with E-state index < -0.39 is 21.9 Å². The molecule has 3 aromatic rings. The van der Waals surface area contributed by atoms with E-state index in [9.17, 15) is 23.1 Å². The van der Waals surface area contributed by atoms with Gasteiger partial charge in [-0.05, 0) is 60.9 Å². The molecule has 32 heavy (non-hydrogen) atoms. The lowest BCUT2D eigenvalue weighted by molar-refractivity contribution is 0.0696. The Bertz CT molecular complexity index is 1350. The van der Waals surface area contributed by atoms with Crippen molar-refractivity contribution < 1.29 is 23.1 Å². The van der Waals surface area contributed by atoms with Crippen molar-refractivity contribution in [2.45, 2.75) is 18.2 Å². The van der Waals surface area contributed by atoms with Crippen LogP contribution in [0.5, 0.6) is 0 Å². The number of nitrogens with one attached hydrogen (secondary N) is 1. The zero-order valence-corrected chi connectivity index (χ0v) is 18.6. The van der Waals surface area contributed by atoms with E-state index in [1.807, 2.05) is 12.1 Å². The normalized spacial score (nSPS) is 13.0. The minimum Gasteiger partial charge on any atom is -0.478 e. The van der Waals surface area contributed by atoms with Crippen molar-refractivity contribution in [3.05, 3.63) is 87.9 Å². The molecule has 164 valence electrons. The Morgan fingerprint density at radius 1 is 1.03 bits per heavy atom. The summed E-state index contributed by atoms with van der Waals surface area (Å²) in [4.78, 5) is 23.9. The van der Waals surface area contributed by atoms with Crippen molar-refractivity contribution in [3.63, 3.8) is 0 Å². The van der Waals surface area contributed by atoms with Gasteiger partial charge < -0.3 is 10.4 Å². The Morgan fingerprint density at radius 3 is 2.50 bits per heavy atom. The number of halogens is 1. The number of benzene rings is 3. The molecule has 0 aromatic heterocycles. The number of hydrogen-bond acceptors (Lipinski definition) is 4. The molecule has 1 aliphatic rings. The number of amides is 1. The Labute approximate surface area is 190 Å². The summed E-state index contributed by atoms with van der Waals surface area (Å²) >= 11 is 6.23. The summed E-state index contributed by atoms with van der Waals surface area (Å²) in [5, 5.41) is 11.8. The quantitative estimate of drug-likeness (QED) is 0.577. The molecule has 0 atom stereocenters. The van der Waals surface area contributed by atoms with Crippen LogP contribution in [0.4, 0.5) is 11.4 Å². The van der Waals surface area contributed by atoms with E-state index in [1.54, 1.807) is 25.1 Å². The third kappa shape index (κ3) is 3.94. The summed E-state index contributed by atoms with van der Waals surface area (Å²) in [6.07, 6.45) is 0.590. The van der Waals surface area contributed by atoms with Crippen LogP contribution in [0.2, 0.25) is 5.02 Å². The number of fused-ring (bicyclic) bond motifs is 1. The third-order valence-corrected chi connectivity index (χ3v) is 7.63. The minimum atomic E-state index is -3.99. The fourth-order valence-electron chi connectivity index (χ4n) is 3.60. The van der Waals surface area contributed by atoms with Crippen molar-refractivity contribution in [1.82, 2.24) is 0 Å². The van der Waals surface area contributed by atoms with Gasteiger partial charge in [-0.2, -0.15) is 0 Å². The van der Waals surface area contributed by atoms with Crippen LogP contribution >= 0.6 is 11.6 Å². The van der Waals surface area contributed by atoms with E-state index in [0.29, 0.717) is 23.4 Å². The Hall–Kier alpha value is -3.36. The Balaban J connectivity index is 1.67. The van der Waals surface area contributed by atoms with Gasteiger partial charge in [-0.1, -0.05) is 35.9 Å². The second kappa shape index (κ2) is 8.29. The van der Waals surface area contributed by atoms with Gasteiger partial charge in [-0.15, -0.1) is 0 Å². The first-order chi connectivity index (χ1) is 15.2. The summed E-state index contributed by atoms with van der Waals surface area (Å²) < 4.78 is 28.0. The predicted molar refractivity (Wildman–Crippen MR) is 122 cm³/mol. The van der Waals surface area contributed by atoms with Gasteiger partial charge in [0.2, 0.25) is 0 Å². The molecule has 1 heterocycles. The van der Waals surface area contributed by atoms with Gasteiger partial charge in [0.1, 0.15) is 4.90 Å². The lowest BCUT2D eigenvalue weighted by Gasteiger charge is -2.20. The molecule has 4 rings (SSSR count). The molecule has 0 saturated carbocycles. The minimum absolute atomic E-state index is 0.00925. The highest BCUT2D eigenvalue weighted by molar-refractivity contribution is 7.93. The lowest BCUT2D eigenvalue weighted by atomic mass is 10.1. The lowest BCUT2D eigenvalue weighted by Crippen LogP contribution is -2.29. The summed E-state index contributed by atoms with van der Waals surface area (Å²) in [6.45, 7) is 2.01. The number of anilines is 2. The average Bonchev–Trinajstić information content (AvgIpc) is 3.20. The maximum atomic E-state index is 13.4. The molecule has 0 unspecified atom stereocenters. The van der Waals surface area contributed by atoms with Crippen LogP contribution in [0.15, 0.2) is 65.6 Å². The average molecular weight is 471 g/mol. The van der Waals surface area contributed by atoms with Crippen LogP contribution in [0, 0.1) is 6.92 Å². The zero-order valence-electron chi connectivity index (χ0n) is 17.0. The zero-order chi connectivity index (χ0) is 23.0. The number of aromatic carboxylic acids is 1. The Morgan fingerprint density at radius 2 is 1.75 bits per heavy atom. The van der Waals surface area contributed by atoms with Gasteiger partial charge in [0, 0.05) is 17.8 Å². The number of carboxylic acid groups (broad SMARTS) is 1. The molecule has 1 amide bonds. The smallest absolute Gasteiger partial charge is 0.335 e. The molecule has 0 bridgehead atoms. The van der Waals surface area contributed by atoms with Crippen molar-refractivity contribution in [2.75, 3.05) is 16.2 Å². The standard InChI is InChI=1S/C23H19ClN2O5S/c1-14-6-7-17(23(28)29)12-19(14)25-22(27)16-8-9-18(24)21(13-16)32(30,31)26-11-10-15-4-2-3-5-20(15)26/h2-9,12-13H,10-11H2,1H3,(H,25,27)(H,28,29). The molecule has 0 fully saturated rings. The molecule has 7 nitrogen and oxygen atoms in total. The van der Waals surface area contributed by atoms with E-state index in [4.69, 9.17) is 11.6 Å². The first kappa shape index (κ1) is 21.9. The fraction of sp³-hybridized carbons (Fsp3) is 0.130. The maximum absolute atomic E-state index is 13.4. The molecule has 0 spiro atoms. The molecule has 1 aliphatic heterocycles. The topological polar surface area (TPSA) is 104 Å². The molecule has 0 radical (unpaired) electrons. The number of carboxylic acids is 1. The first-order valence-corrected chi connectivity index (χ1v) is 11.6. The molecule has 0 saturated heterocycles. The van der Waals surface area contributed by atoms with E-state index in [0.717, 1.165) is 5.56 Å². The van der Waals surface area contributed by atoms with Crippen LogP contribution in [0.3, 0.4) is 0 Å². The van der Waals surface area contributed by atoms with Crippen LogP contribution < -0.4 is 9.62 Å². The number of aryl methyl sites for hydroxylation is 1. The number of sulfonamides is 1. The van der Waals surface area contributed by atoms with Gasteiger partial charge in [0.15, 0.2) is 0 Å². The van der Waals surface area contributed by atoms with Gasteiger partial charge in [-0.3, -0.25) is 9.10 Å². The summed E-state index contributed by atoms with van der Waals surface area (Å²) in [5.74, 6) is -1.70. The van der Waals surface area contributed by atoms with Crippen molar-refractivity contribution in [1.29, 1.82) is 0 Å². The van der Waals surface area contributed by atoms with Gasteiger partial charge >= 0.3 is 5.97 Å². The molecular weight excluding hydrogens is 452 g/mol. The van der Waals surface area contributed by atoms with Crippen LogP contribution in [-0.2, 0) is 16.4 Å². The molecule has 3 aromatic carbocycles. The van der Waals surface area contributed by atoms with E-state index in [2.05, 4.69) is 5.32 Å². The van der Waals surface area contributed by atoms with Gasteiger partial charge in [0.05, 0.1) is 16.3 Å². The molecule has 2 N–H and O–H groups in total. The highest BCUT2D eigenvalue weighted by Gasteiger charge is 2.32. The summed E-state index contributed by atoms with van der Waals surface area (Å²) in [7, 11) is -3.99. The van der Waals surface area contributed by atoms with Crippen LogP contribution in [-0.4, -0.2) is 31.9 Å². The summed E-state index contributed by atoms with van der Waals surface area (Å²) in [5.41, 5.74) is 2.62. The number of rotatable bonds is 5. The maximum Gasteiger partial charge on any atom is 0.335 e. The highest BCUT2D eigenvalue weighted by atomic mass is 35.5. The van der Waals surface area contributed by atoms with E-state index in [1.165, 1.54) is 34.6 Å². The monoisotopic (exact) mass is 470 g/mol. The predicted octanol–water partition coefficient (Wildman–Crippen LogP) is 4.35. The number of carbonyl (C=O) groups excluding carboxylic acids is 1. The molecule has 0 aliphatic carbocycles. The third-order valence-electron chi connectivity index (χ3n) is 5.34. The van der Waals surface area contributed by atoms with Crippen LogP contribution in [0.25, 0.3) is 0 Å². The number of hydrogen-bond donors (Lipinski definition) is 2. The van der Waals surface area contributed by atoms with Crippen molar-refractivity contribution in [3.8, 4) is 0 Å². The van der Waals surface area contributed by atoms with E-state index >= 15 is 0 Å².